The zero-order valence-electron chi connectivity index (χ0n) is 8.37. The van der Waals surface area contributed by atoms with Crippen molar-refractivity contribution >= 4 is 22.6 Å². The zero-order valence-corrected chi connectivity index (χ0v) is 10.5. The van der Waals surface area contributed by atoms with Crippen molar-refractivity contribution in [3.05, 3.63) is 32.3 Å². The highest BCUT2D eigenvalue weighted by Gasteiger charge is 1.99. The van der Waals surface area contributed by atoms with Gasteiger partial charge in [0, 0.05) is 12.7 Å². The van der Waals surface area contributed by atoms with Crippen molar-refractivity contribution in [3.8, 4) is 0 Å². The molecule has 0 saturated heterocycles. The highest BCUT2D eigenvalue weighted by atomic mass is 127. The zero-order chi connectivity index (χ0) is 10.6. The second kappa shape index (κ2) is 5.50. The maximum absolute atomic E-state index is 11.5. The van der Waals surface area contributed by atoms with Crippen LogP contribution in [-0.2, 0) is 11.3 Å². The van der Waals surface area contributed by atoms with Crippen LogP contribution in [0.5, 0.6) is 0 Å². The summed E-state index contributed by atoms with van der Waals surface area (Å²) in [6.07, 6.45) is 2.00. The number of nitrogens with zero attached hydrogens (tertiary/aromatic N) is 1. The minimum atomic E-state index is 0.0560. The maximum Gasteiger partial charge on any atom is 0.264 e. The van der Waals surface area contributed by atoms with E-state index in [4.69, 9.17) is 4.74 Å². The first-order valence-corrected chi connectivity index (χ1v) is 5.65. The number of pyridine rings is 1. The molecule has 0 aliphatic carbocycles. The second-order valence-corrected chi connectivity index (χ2v) is 4.44. The lowest BCUT2D eigenvalue weighted by Gasteiger charge is -2.09. The smallest absolute Gasteiger partial charge is 0.264 e. The Morgan fingerprint density at radius 2 is 2.29 bits per heavy atom. The molecule has 0 atom stereocenters. The predicted molar refractivity (Wildman–Crippen MR) is 64.5 cm³/mol. The van der Waals surface area contributed by atoms with Gasteiger partial charge in [-0.1, -0.05) is 0 Å². The highest BCUT2D eigenvalue weighted by molar-refractivity contribution is 14.1. The molecule has 0 bridgehead atoms. The van der Waals surface area contributed by atoms with E-state index in [0.29, 0.717) is 13.2 Å². The molecule has 0 aliphatic rings. The number of halogens is 1. The monoisotopic (exact) mass is 307 g/mol. The Morgan fingerprint density at radius 1 is 1.57 bits per heavy atom. The molecule has 1 heterocycles. The fraction of sp³-hybridized carbons (Fsp3) is 0.500. The molecule has 0 aromatic carbocycles. The van der Waals surface area contributed by atoms with E-state index in [1.807, 2.05) is 48.6 Å². The number of hydrogen-bond donors (Lipinski definition) is 0. The average molecular weight is 307 g/mol. The lowest BCUT2D eigenvalue weighted by atomic mass is 10.4. The first-order chi connectivity index (χ1) is 6.61. The van der Waals surface area contributed by atoms with Gasteiger partial charge in [-0.05, 0) is 48.6 Å². The Bertz CT molecular complexity index is 346. The van der Waals surface area contributed by atoms with E-state index in [-0.39, 0.29) is 11.7 Å². The van der Waals surface area contributed by atoms with Gasteiger partial charge >= 0.3 is 0 Å². The summed E-state index contributed by atoms with van der Waals surface area (Å²) in [5.41, 5.74) is 0.0560. The lowest BCUT2D eigenvalue weighted by molar-refractivity contribution is 0.0722. The van der Waals surface area contributed by atoms with E-state index in [2.05, 4.69) is 0 Å². The molecule has 3 nitrogen and oxygen atoms in total. The van der Waals surface area contributed by atoms with Crippen LogP contribution in [0.25, 0.3) is 0 Å². The van der Waals surface area contributed by atoms with Gasteiger partial charge in [-0.3, -0.25) is 4.79 Å². The summed E-state index contributed by atoms with van der Waals surface area (Å²) in [6.45, 7) is 5.17. The SMILES string of the molecule is CC(C)OCCn1cccc(I)c1=O. The molecule has 0 amide bonds. The molecule has 1 aromatic rings. The first kappa shape index (κ1) is 11.7. The van der Waals surface area contributed by atoms with Gasteiger partial charge in [-0.15, -0.1) is 0 Å². The Labute approximate surface area is 97.2 Å². The fourth-order valence-corrected chi connectivity index (χ4v) is 1.59. The maximum atomic E-state index is 11.5. The number of hydrogen-bond acceptors (Lipinski definition) is 2. The summed E-state index contributed by atoms with van der Waals surface area (Å²) >= 11 is 2.04. The summed E-state index contributed by atoms with van der Waals surface area (Å²) in [6, 6.07) is 3.68. The molecule has 1 rings (SSSR count). The van der Waals surface area contributed by atoms with Gasteiger partial charge < -0.3 is 9.30 Å². The summed E-state index contributed by atoms with van der Waals surface area (Å²) in [5, 5.41) is 0. The van der Waals surface area contributed by atoms with E-state index in [1.165, 1.54) is 0 Å². The van der Waals surface area contributed by atoms with Crippen LogP contribution in [-0.4, -0.2) is 17.3 Å². The van der Waals surface area contributed by atoms with E-state index >= 15 is 0 Å². The van der Waals surface area contributed by atoms with Crippen LogP contribution in [0.1, 0.15) is 13.8 Å². The Kier molecular flexibility index (Phi) is 4.60. The minimum absolute atomic E-state index is 0.0560. The number of rotatable bonds is 4. The topological polar surface area (TPSA) is 31.2 Å². The summed E-state index contributed by atoms with van der Waals surface area (Å²) in [5.74, 6) is 0. The Hall–Kier alpha value is -0.360. The minimum Gasteiger partial charge on any atom is -0.377 e. The third-order valence-electron chi connectivity index (χ3n) is 1.76. The molecule has 0 aliphatic heterocycles. The molecular formula is C10H14INO2. The predicted octanol–water partition coefficient (Wildman–Crippen LogP) is 1.88. The first-order valence-electron chi connectivity index (χ1n) is 4.58. The molecule has 0 radical (unpaired) electrons. The van der Waals surface area contributed by atoms with Gasteiger partial charge in [-0.25, -0.2) is 0 Å². The third-order valence-corrected chi connectivity index (χ3v) is 2.58. The molecule has 0 N–H and O–H groups in total. The van der Waals surface area contributed by atoms with Crippen LogP contribution in [0.3, 0.4) is 0 Å². The van der Waals surface area contributed by atoms with Gasteiger partial charge in [-0.2, -0.15) is 0 Å². The van der Waals surface area contributed by atoms with Gasteiger partial charge in [0.25, 0.3) is 5.56 Å². The third kappa shape index (κ3) is 3.42. The van der Waals surface area contributed by atoms with Crippen molar-refractivity contribution in [2.75, 3.05) is 6.61 Å². The van der Waals surface area contributed by atoms with Crippen LogP contribution >= 0.6 is 22.6 Å². The largest absolute Gasteiger partial charge is 0.377 e. The van der Waals surface area contributed by atoms with Crippen molar-refractivity contribution < 1.29 is 4.74 Å². The van der Waals surface area contributed by atoms with Gasteiger partial charge in [0.1, 0.15) is 0 Å². The van der Waals surface area contributed by atoms with Crippen LogP contribution < -0.4 is 5.56 Å². The molecular weight excluding hydrogens is 293 g/mol. The molecule has 0 fully saturated rings. The van der Waals surface area contributed by atoms with Gasteiger partial charge in [0.2, 0.25) is 0 Å². The molecule has 78 valence electrons. The van der Waals surface area contributed by atoms with Crippen molar-refractivity contribution in [2.24, 2.45) is 0 Å². The van der Waals surface area contributed by atoms with E-state index < -0.39 is 0 Å². The van der Waals surface area contributed by atoms with E-state index in [1.54, 1.807) is 10.8 Å². The molecule has 0 unspecified atom stereocenters. The molecule has 0 saturated carbocycles. The van der Waals surface area contributed by atoms with Gasteiger partial charge in [0.15, 0.2) is 0 Å². The molecule has 1 aromatic heterocycles. The number of aromatic nitrogens is 1. The van der Waals surface area contributed by atoms with Gasteiger partial charge in [0.05, 0.1) is 16.3 Å². The summed E-state index contributed by atoms with van der Waals surface area (Å²) in [4.78, 5) is 11.5. The second-order valence-electron chi connectivity index (χ2n) is 3.27. The lowest BCUT2D eigenvalue weighted by Crippen LogP contribution is -2.24. The molecule has 0 spiro atoms. The van der Waals surface area contributed by atoms with Crippen molar-refractivity contribution in [1.29, 1.82) is 0 Å². The number of ether oxygens (including phenoxy) is 1. The molecule has 14 heavy (non-hydrogen) atoms. The quantitative estimate of drug-likeness (QED) is 0.795. The average Bonchev–Trinajstić information content (AvgIpc) is 2.12. The van der Waals surface area contributed by atoms with Crippen LogP contribution in [0.15, 0.2) is 23.1 Å². The highest BCUT2D eigenvalue weighted by Crippen LogP contribution is 1.96. The van der Waals surface area contributed by atoms with Crippen molar-refractivity contribution in [1.82, 2.24) is 4.57 Å². The summed E-state index contributed by atoms with van der Waals surface area (Å²) in [7, 11) is 0. The van der Waals surface area contributed by atoms with Crippen LogP contribution in [0, 0.1) is 3.57 Å². The van der Waals surface area contributed by atoms with Crippen LogP contribution in [0.4, 0.5) is 0 Å². The van der Waals surface area contributed by atoms with Crippen molar-refractivity contribution in [2.45, 2.75) is 26.5 Å². The molecule has 4 heteroatoms. The Morgan fingerprint density at radius 3 is 2.93 bits per heavy atom. The van der Waals surface area contributed by atoms with Crippen LogP contribution in [0.2, 0.25) is 0 Å². The van der Waals surface area contributed by atoms with E-state index in [9.17, 15) is 4.79 Å². The van der Waals surface area contributed by atoms with Crippen molar-refractivity contribution in [3.63, 3.8) is 0 Å². The Balaban J connectivity index is 2.59. The standard InChI is InChI=1S/C10H14INO2/c1-8(2)14-7-6-12-5-3-4-9(11)10(12)13/h3-5,8H,6-7H2,1-2H3. The van der Waals surface area contributed by atoms with E-state index in [0.717, 1.165) is 3.57 Å². The normalized spacial score (nSPS) is 10.9. The fourth-order valence-electron chi connectivity index (χ4n) is 1.07. The summed E-state index contributed by atoms with van der Waals surface area (Å²) < 4.78 is 7.79.